The van der Waals surface area contributed by atoms with Crippen molar-refractivity contribution < 1.29 is 9.21 Å². The molecule has 0 saturated carbocycles. The van der Waals surface area contributed by atoms with Gasteiger partial charge in [-0.25, -0.2) is 4.98 Å². The van der Waals surface area contributed by atoms with E-state index >= 15 is 0 Å². The summed E-state index contributed by atoms with van der Waals surface area (Å²) in [6.45, 7) is 3.40. The summed E-state index contributed by atoms with van der Waals surface area (Å²) in [5.74, 6) is 0.927. The second kappa shape index (κ2) is 7.59. The molecule has 2 aromatic heterocycles. The molecule has 0 radical (unpaired) electrons. The Morgan fingerprint density at radius 2 is 2.15 bits per heavy atom. The summed E-state index contributed by atoms with van der Waals surface area (Å²) < 4.78 is 5.63. The quantitative estimate of drug-likeness (QED) is 0.628. The van der Waals surface area contributed by atoms with Gasteiger partial charge in [0, 0.05) is 18.5 Å². The van der Waals surface area contributed by atoms with Crippen molar-refractivity contribution in [1.82, 2.24) is 20.1 Å². The minimum atomic E-state index is 0.0966. The van der Waals surface area contributed by atoms with Gasteiger partial charge >= 0.3 is 0 Å². The Hall–Kier alpha value is -2.19. The van der Waals surface area contributed by atoms with E-state index in [4.69, 9.17) is 4.42 Å². The van der Waals surface area contributed by atoms with Crippen LogP contribution in [0.15, 0.2) is 39.3 Å². The maximum atomic E-state index is 12.5. The Kier molecular flexibility index (Phi) is 5.03. The third kappa shape index (κ3) is 3.96. The van der Waals surface area contributed by atoms with Crippen LogP contribution in [0, 0.1) is 6.92 Å². The van der Waals surface area contributed by atoms with Crippen molar-refractivity contribution in [3.8, 4) is 0 Å². The van der Waals surface area contributed by atoms with E-state index < -0.39 is 0 Å². The van der Waals surface area contributed by atoms with E-state index in [0.717, 1.165) is 23.7 Å². The highest BCUT2D eigenvalue weighted by Crippen LogP contribution is 2.22. The normalized spacial score (nSPS) is 13.7. The number of benzene rings is 1. The Bertz CT molecular complexity index is 921. The Labute approximate surface area is 159 Å². The standard InChI is InChI=1S/C18H18N4O2S2/c1-12-19-15(10-25-12)8-16-20-21-18(24-16)26-11-17(23)22-7-6-13-4-2-3-5-14(13)9-22/h2-5,10H,6-9,11H2,1H3. The molecule has 134 valence electrons. The van der Waals surface area contributed by atoms with Gasteiger partial charge < -0.3 is 9.32 Å². The highest BCUT2D eigenvalue weighted by Gasteiger charge is 2.21. The Morgan fingerprint density at radius 1 is 1.31 bits per heavy atom. The molecule has 0 atom stereocenters. The average Bonchev–Trinajstić information content (AvgIpc) is 3.28. The fourth-order valence-corrected chi connectivity index (χ4v) is 4.23. The second-order valence-electron chi connectivity index (χ2n) is 6.12. The molecule has 4 rings (SSSR count). The van der Waals surface area contributed by atoms with Gasteiger partial charge in [0.25, 0.3) is 5.22 Å². The van der Waals surface area contributed by atoms with Gasteiger partial charge in [-0.2, -0.15) is 0 Å². The number of hydrogen-bond donors (Lipinski definition) is 0. The summed E-state index contributed by atoms with van der Waals surface area (Å²) in [7, 11) is 0. The lowest BCUT2D eigenvalue weighted by molar-refractivity contribution is -0.129. The first-order valence-electron chi connectivity index (χ1n) is 8.38. The third-order valence-electron chi connectivity index (χ3n) is 4.25. The zero-order valence-electron chi connectivity index (χ0n) is 14.3. The topological polar surface area (TPSA) is 72.1 Å². The number of hydrogen-bond acceptors (Lipinski definition) is 7. The van der Waals surface area contributed by atoms with Crippen molar-refractivity contribution >= 4 is 29.0 Å². The number of thiazole rings is 1. The predicted molar refractivity (Wildman–Crippen MR) is 100 cm³/mol. The summed E-state index contributed by atoms with van der Waals surface area (Å²) in [4.78, 5) is 18.8. The molecule has 0 N–H and O–H groups in total. The molecule has 3 aromatic rings. The number of carbonyl (C=O) groups is 1. The van der Waals surface area contributed by atoms with Gasteiger partial charge in [-0.1, -0.05) is 36.0 Å². The lowest BCUT2D eigenvalue weighted by Gasteiger charge is -2.28. The molecule has 1 aliphatic heterocycles. The number of amides is 1. The number of nitrogens with zero attached hydrogens (tertiary/aromatic N) is 4. The molecule has 1 amide bonds. The van der Waals surface area contributed by atoms with Crippen LogP contribution in [0.3, 0.4) is 0 Å². The van der Waals surface area contributed by atoms with E-state index in [1.165, 1.54) is 22.9 Å². The van der Waals surface area contributed by atoms with Gasteiger partial charge in [0.05, 0.1) is 22.9 Å². The summed E-state index contributed by atoms with van der Waals surface area (Å²) >= 11 is 2.89. The molecule has 26 heavy (non-hydrogen) atoms. The van der Waals surface area contributed by atoms with Gasteiger partial charge in [-0.15, -0.1) is 21.5 Å². The molecule has 0 unspecified atom stereocenters. The molecule has 1 aliphatic rings. The maximum Gasteiger partial charge on any atom is 0.277 e. The summed E-state index contributed by atoms with van der Waals surface area (Å²) in [6.07, 6.45) is 1.43. The number of thioether (sulfide) groups is 1. The van der Waals surface area contributed by atoms with Crippen LogP contribution in [0.4, 0.5) is 0 Å². The van der Waals surface area contributed by atoms with E-state index in [1.807, 2.05) is 29.3 Å². The average molecular weight is 387 g/mol. The van der Waals surface area contributed by atoms with Crippen LogP contribution in [0.5, 0.6) is 0 Å². The minimum absolute atomic E-state index is 0.0966. The van der Waals surface area contributed by atoms with E-state index in [9.17, 15) is 4.79 Å². The van der Waals surface area contributed by atoms with Crippen molar-refractivity contribution in [1.29, 1.82) is 0 Å². The number of aromatic nitrogens is 3. The molecule has 0 aliphatic carbocycles. The van der Waals surface area contributed by atoms with Crippen molar-refractivity contribution in [2.45, 2.75) is 31.5 Å². The number of carbonyl (C=O) groups excluding carboxylic acids is 1. The molecule has 0 spiro atoms. The lowest BCUT2D eigenvalue weighted by Crippen LogP contribution is -2.37. The van der Waals surface area contributed by atoms with E-state index in [2.05, 4.69) is 27.3 Å². The predicted octanol–water partition coefficient (Wildman–Crippen LogP) is 3.10. The van der Waals surface area contributed by atoms with Crippen LogP contribution in [0.1, 0.15) is 27.7 Å². The first kappa shape index (κ1) is 17.2. The Balaban J connectivity index is 1.31. The van der Waals surface area contributed by atoms with Crippen LogP contribution in [-0.2, 0) is 24.2 Å². The lowest BCUT2D eigenvalue weighted by atomic mass is 10.00. The first-order chi connectivity index (χ1) is 12.7. The summed E-state index contributed by atoms with van der Waals surface area (Å²) in [6, 6.07) is 8.29. The summed E-state index contributed by atoms with van der Waals surface area (Å²) in [5, 5.41) is 11.5. The number of fused-ring (bicyclic) bond motifs is 1. The SMILES string of the molecule is Cc1nc(Cc2nnc(SCC(=O)N3CCc4ccccc4C3)o2)cs1. The zero-order valence-corrected chi connectivity index (χ0v) is 16.0. The minimum Gasteiger partial charge on any atom is -0.416 e. The smallest absolute Gasteiger partial charge is 0.277 e. The molecule has 0 bridgehead atoms. The highest BCUT2D eigenvalue weighted by molar-refractivity contribution is 7.99. The van der Waals surface area contributed by atoms with Crippen LogP contribution in [-0.4, -0.2) is 38.3 Å². The monoisotopic (exact) mass is 386 g/mol. The van der Waals surface area contributed by atoms with Crippen LogP contribution in [0.2, 0.25) is 0 Å². The van der Waals surface area contributed by atoms with E-state index in [-0.39, 0.29) is 5.91 Å². The second-order valence-corrected chi connectivity index (χ2v) is 8.11. The van der Waals surface area contributed by atoms with E-state index in [1.54, 1.807) is 11.3 Å². The van der Waals surface area contributed by atoms with E-state index in [0.29, 0.717) is 29.8 Å². The Morgan fingerprint density at radius 3 is 2.96 bits per heavy atom. The molecule has 1 aromatic carbocycles. The van der Waals surface area contributed by atoms with Gasteiger partial charge in [0.2, 0.25) is 11.8 Å². The fraction of sp³-hybridized carbons (Fsp3) is 0.333. The van der Waals surface area contributed by atoms with Crippen molar-refractivity contribution in [2.24, 2.45) is 0 Å². The third-order valence-corrected chi connectivity index (χ3v) is 5.88. The number of rotatable bonds is 5. The molecular weight excluding hydrogens is 368 g/mol. The molecule has 8 heteroatoms. The van der Waals surface area contributed by atoms with Crippen molar-refractivity contribution in [3.05, 3.63) is 57.4 Å². The molecule has 0 saturated heterocycles. The van der Waals surface area contributed by atoms with Crippen LogP contribution in [0.25, 0.3) is 0 Å². The number of aryl methyl sites for hydroxylation is 1. The largest absolute Gasteiger partial charge is 0.416 e. The maximum absolute atomic E-state index is 12.5. The molecule has 0 fully saturated rings. The molecule has 6 nitrogen and oxygen atoms in total. The summed E-state index contributed by atoms with van der Waals surface area (Å²) in [5.41, 5.74) is 3.49. The van der Waals surface area contributed by atoms with Gasteiger partial charge in [0.1, 0.15) is 0 Å². The van der Waals surface area contributed by atoms with Crippen LogP contribution >= 0.6 is 23.1 Å². The van der Waals surface area contributed by atoms with Gasteiger partial charge in [0.15, 0.2) is 0 Å². The first-order valence-corrected chi connectivity index (χ1v) is 10.2. The van der Waals surface area contributed by atoms with Crippen molar-refractivity contribution in [2.75, 3.05) is 12.3 Å². The van der Waals surface area contributed by atoms with Crippen molar-refractivity contribution in [3.63, 3.8) is 0 Å². The highest BCUT2D eigenvalue weighted by atomic mass is 32.2. The molecular formula is C18H18N4O2S2. The molecule has 3 heterocycles. The van der Waals surface area contributed by atoms with Gasteiger partial charge in [-0.3, -0.25) is 4.79 Å². The van der Waals surface area contributed by atoms with Crippen LogP contribution < -0.4 is 0 Å². The fourth-order valence-electron chi connectivity index (χ4n) is 2.94. The van der Waals surface area contributed by atoms with Gasteiger partial charge in [-0.05, 0) is 24.5 Å². The zero-order chi connectivity index (χ0) is 17.9.